The number of hydrogen-bond donors (Lipinski definition) is 1. The monoisotopic (exact) mass is 334 g/mol. The van der Waals surface area contributed by atoms with Crippen LogP contribution in [0.4, 0.5) is 0 Å². The van der Waals surface area contributed by atoms with Crippen molar-refractivity contribution < 1.29 is 5.11 Å². The number of rotatable bonds is 4. The van der Waals surface area contributed by atoms with Gasteiger partial charge in [-0.2, -0.15) is 4.91 Å². The summed E-state index contributed by atoms with van der Waals surface area (Å²) in [7, 11) is -2.50. The fourth-order valence-corrected chi connectivity index (χ4v) is 5.78. The molecule has 3 aromatic rings. The summed E-state index contributed by atoms with van der Waals surface area (Å²) in [5.74, 6) is 0.182. The molecule has 0 saturated heterocycles. The highest BCUT2D eigenvalue weighted by atomic mass is 31.2. The van der Waals surface area contributed by atoms with Gasteiger partial charge in [-0.15, -0.1) is 5.53 Å². The Morgan fingerprint density at radius 3 is 1.62 bits per heavy atom. The highest BCUT2D eigenvalue weighted by Gasteiger charge is 2.32. The number of hydrogen-bond acceptors (Lipinski definition) is 1. The fourth-order valence-electron chi connectivity index (χ4n) is 2.64. The normalized spacial score (nSPS) is 10.7. The highest BCUT2D eigenvalue weighted by Crippen LogP contribution is 2.46. The largest absolute Gasteiger partial charge is 0.508 e. The van der Waals surface area contributed by atoms with Crippen molar-refractivity contribution >= 4 is 23.0 Å². The predicted molar refractivity (Wildman–Crippen MR) is 98.4 cm³/mol. The molecule has 0 radical (unpaired) electrons. The summed E-state index contributed by atoms with van der Waals surface area (Å²) in [5, 5.41) is 16.1. The lowest BCUT2D eigenvalue weighted by Crippen LogP contribution is -2.25. The Labute approximate surface area is 139 Å². The molecule has 0 aromatic heterocycles. The number of phenolic OH excluding ortho intramolecular Hbond substituents is 1. The summed E-state index contributed by atoms with van der Waals surface area (Å²) in [6, 6.07) is 26.5. The van der Waals surface area contributed by atoms with Gasteiger partial charge in [0.1, 0.15) is 5.75 Å². The van der Waals surface area contributed by atoms with Crippen molar-refractivity contribution in [3.8, 4) is 5.75 Å². The van der Waals surface area contributed by atoms with Gasteiger partial charge in [-0.25, -0.2) is 0 Å². The van der Waals surface area contributed by atoms with Gasteiger partial charge in [0.15, 0.2) is 7.05 Å². The van der Waals surface area contributed by atoms with Crippen LogP contribution in [0.2, 0.25) is 0 Å². The summed E-state index contributed by atoms with van der Waals surface area (Å²) < 4.78 is 0. The van der Waals surface area contributed by atoms with E-state index in [-0.39, 0.29) is 5.75 Å². The molecule has 0 spiro atoms. The summed E-state index contributed by atoms with van der Waals surface area (Å²) in [4.78, 5) is 7.30. The molecule has 0 aliphatic carbocycles. The molecule has 0 heterocycles. The summed E-state index contributed by atoms with van der Waals surface area (Å²) >= 11 is 0. The Hall–Kier alpha value is -3.00. The van der Waals surface area contributed by atoms with E-state index in [4.69, 9.17) is 5.53 Å². The van der Waals surface area contributed by atoms with Crippen LogP contribution in [0.5, 0.6) is 5.75 Å². The molecular formula is C18H15N4OP. The topological polar surface area (TPSA) is 81.4 Å². The van der Waals surface area contributed by atoms with E-state index in [1.807, 2.05) is 72.8 Å². The maximum Gasteiger partial charge on any atom is 0.170 e. The van der Waals surface area contributed by atoms with Gasteiger partial charge in [0.2, 0.25) is 0 Å². The molecule has 0 aliphatic rings. The Bertz CT molecular complexity index is 875. The molecule has 3 aromatic carbocycles. The Balaban J connectivity index is 2.42. The quantitative estimate of drug-likeness (QED) is 0.252. The minimum atomic E-state index is -2.50. The first kappa shape index (κ1) is 15.9. The maximum absolute atomic E-state index is 9.64. The molecule has 3 rings (SSSR count). The van der Waals surface area contributed by atoms with Crippen molar-refractivity contribution in [1.29, 1.82) is 0 Å². The van der Waals surface area contributed by atoms with E-state index in [9.17, 15) is 5.11 Å². The molecule has 1 N–H and O–H groups in total. The van der Waals surface area contributed by atoms with Gasteiger partial charge in [0, 0.05) is 21.1 Å². The van der Waals surface area contributed by atoms with Gasteiger partial charge in [0.25, 0.3) is 0 Å². The van der Waals surface area contributed by atoms with Crippen LogP contribution in [-0.4, -0.2) is 5.11 Å². The average molecular weight is 334 g/mol. The second-order valence-electron chi connectivity index (χ2n) is 5.09. The first-order valence-corrected chi connectivity index (χ1v) is 9.08. The molecule has 0 aliphatic heterocycles. The van der Waals surface area contributed by atoms with Crippen LogP contribution < -0.4 is 15.9 Å². The molecule has 0 amide bonds. The van der Waals surface area contributed by atoms with E-state index >= 15 is 0 Å². The van der Waals surface area contributed by atoms with Crippen molar-refractivity contribution in [2.75, 3.05) is 0 Å². The molecule has 24 heavy (non-hydrogen) atoms. The molecule has 5 nitrogen and oxygen atoms in total. The number of benzene rings is 3. The van der Waals surface area contributed by atoms with Crippen molar-refractivity contribution in [3.05, 3.63) is 95.4 Å². The Morgan fingerprint density at radius 1 is 0.708 bits per heavy atom. The van der Waals surface area contributed by atoms with Gasteiger partial charge in [-0.3, -0.25) is 0 Å². The molecule has 0 bridgehead atoms. The molecule has 0 saturated carbocycles. The first-order valence-electron chi connectivity index (χ1n) is 7.34. The molecule has 118 valence electrons. The van der Waals surface area contributed by atoms with Crippen LogP contribution in [0, 0.1) is 0 Å². The first-order chi connectivity index (χ1) is 11.8. The van der Waals surface area contributed by atoms with Crippen molar-refractivity contribution in [2.24, 2.45) is 10.1 Å². The molecular weight excluding hydrogens is 319 g/mol. The summed E-state index contributed by atoms with van der Waals surface area (Å²) in [6.07, 6.45) is 0. The van der Waals surface area contributed by atoms with Crippen LogP contribution in [-0.2, 0) is 0 Å². The van der Waals surface area contributed by atoms with Gasteiger partial charge in [-0.1, -0.05) is 60.7 Å². The van der Waals surface area contributed by atoms with Crippen LogP contribution in [0.15, 0.2) is 95.0 Å². The van der Waals surface area contributed by atoms with E-state index in [1.165, 1.54) is 0 Å². The van der Waals surface area contributed by atoms with Crippen LogP contribution in [0.1, 0.15) is 0 Å². The summed E-state index contributed by atoms with van der Waals surface area (Å²) in [6.45, 7) is 0. The third-order valence-electron chi connectivity index (χ3n) is 3.70. The minimum Gasteiger partial charge on any atom is -0.508 e. The zero-order valence-corrected chi connectivity index (χ0v) is 13.7. The van der Waals surface area contributed by atoms with Crippen LogP contribution >= 0.6 is 7.05 Å². The van der Waals surface area contributed by atoms with Crippen molar-refractivity contribution in [3.63, 3.8) is 0 Å². The third kappa shape index (κ3) is 2.91. The molecule has 0 unspecified atom stereocenters. The van der Waals surface area contributed by atoms with E-state index in [0.717, 1.165) is 15.9 Å². The highest BCUT2D eigenvalue weighted by molar-refractivity contribution is 7.87. The predicted octanol–water partition coefficient (Wildman–Crippen LogP) is 4.10. The molecule has 0 fully saturated rings. The minimum absolute atomic E-state index is 0.182. The number of phenols is 1. The van der Waals surface area contributed by atoms with Crippen LogP contribution in [0.3, 0.4) is 0 Å². The third-order valence-corrected chi connectivity index (χ3v) is 7.18. The Kier molecular flexibility index (Phi) is 4.66. The van der Waals surface area contributed by atoms with E-state index in [0.29, 0.717) is 0 Å². The molecule has 6 heteroatoms. The second-order valence-corrected chi connectivity index (χ2v) is 8.09. The summed E-state index contributed by atoms with van der Waals surface area (Å²) in [5.41, 5.74) is 8.86. The lowest BCUT2D eigenvalue weighted by atomic mass is 10.3. The van der Waals surface area contributed by atoms with Crippen LogP contribution in [0.25, 0.3) is 10.4 Å². The Morgan fingerprint density at radius 2 is 1.17 bits per heavy atom. The lowest BCUT2D eigenvalue weighted by molar-refractivity contribution is 0.475. The fraction of sp³-hybridized carbons (Fsp3) is 0. The van der Waals surface area contributed by atoms with E-state index in [2.05, 4.69) is 15.0 Å². The standard InChI is InChI=1S/C18H15N4OP/c19-20-21-22-24(16-7-3-1-4-8-16,17-9-5-2-6-10-17)18-13-11-15(23)12-14-18/h1-14,23H. The van der Waals surface area contributed by atoms with Crippen molar-refractivity contribution in [2.45, 2.75) is 0 Å². The zero-order chi connectivity index (χ0) is 16.8. The van der Waals surface area contributed by atoms with Gasteiger partial charge in [-0.05, 0) is 29.1 Å². The SMILES string of the molecule is [N-]=[N+]=NN=P(c1ccccc1)(c1ccccc1)c1ccc(O)cc1. The number of nitrogens with zero attached hydrogens (tertiary/aromatic N) is 4. The lowest BCUT2D eigenvalue weighted by Gasteiger charge is -2.20. The average Bonchev–Trinajstić information content (AvgIpc) is 2.65. The smallest absolute Gasteiger partial charge is 0.170 e. The zero-order valence-electron chi connectivity index (χ0n) is 12.8. The van der Waals surface area contributed by atoms with Gasteiger partial charge < -0.3 is 5.11 Å². The van der Waals surface area contributed by atoms with Crippen molar-refractivity contribution in [1.82, 2.24) is 0 Å². The molecule has 0 atom stereocenters. The van der Waals surface area contributed by atoms with E-state index in [1.54, 1.807) is 12.1 Å². The van der Waals surface area contributed by atoms with Gasteiger partial charge in [0.05, 0.1) is 0 Å². The van der Waals surface area contributed by atoms with E-state index < -0.39 is 7.05 Å². The second kappa shape index (κ2) is 7.05. The number of azide groups is 1. The van der Waals surface area contributed by atoms with Gasteiger partial charge >= 0.3 is 0 Å². The number of aromatic hydroxyl groups is 1. The maximum atomic E-state index is 9.64.